The second-order valence-electron chi connectivity index (χ2n) is 6.45. The Morgan fingerprint density at radius 3 is 2.26 bits per heavy atom. The summed E-state index contributed by atoms with van der Waals surface area (Å²) in [4.78, 5) is 4.81. The molecule has 0 unspecified atom stereocenters. The van der Waals surface area contributed by atoms with Crippen molar-refractivity contribution in [1.29, 1.82) is 0 Å². The molecule has 2 aromatic heterocycles. The Kier molecular flexibility index (Phi) is 3.28. The van der Waals surface area contributed by atoms with E-state index in [4.69, 9.17) is 4.98 Å². The van der Waals surface area contributed by atoms with E-state index < -0.39 is 11.7 Å². The van der Waals surface area contributed by atoms with Crippen LogP contribution in [-0.4, -0.2) is 9.38 Å². The molecular formula is C22H13F3N2. The molecule has 0 radical (unpaired) electrons. The largest absolute Gasteiger partial charge is 0.416 e. The summed E-state index contributed by atoms with van der Waals surface area (Å²) >= 11 is 0. The zero-order chi connectivity index (χ0) is 18.6. The summed E-state index contributed by atoms with van der Waals surface area (Å²) in [5.41, 5.74) is 2.61. The Balaban J connectivity index is 1.95. The van der Waals surface area contributed by atoms with Crippen molar-refractivity contribution < 1.29 is 13.2 Å². The molecule has 27 heavy (non-hydrogen) atoms. The zero-order valence-electron chi connectivity index (χ0n) is 14.0. The maximum atomic E-state index is 13.1. The molecule has 0 amide bonds. The van der Waals surface area contributed by atoms with Crippen LogP contribution >= 0.6 is 0 Å². The summed E-state index contributed by atoms with van der Waals surface area (Å²) in [6.07, 6.45) is -4.37. The Labute approximate surface area is 152 Å². The summed E-state index contributed by atoms with van der Waals surface area (Å²) < 4.78 is 41.4. The highest BCUT2D eigenvalue weighted by Gasteiger charge is 2.30. The van der Waals surface area contributed by atoms with E-state index in [0.717, 1.165) is 28.0 Å². The maximum Gasteiger partial charge on any atom is 0.416 e. The lowest BCUT2D eigenvalue weighted by Gasteiger charge is -2.10. The molecule has 0 bridgehead atoms. The van der Waals surface area contributed by atoms with Crippen LogP contribution in [0.4, 0.5) is 13.2 Å². The van der Waals surface area contributed by atoms with Gasteiger partial charge in [-0.25, -0.2) is 4.98 Å². The molecule has 132 valence electrons. The molecule has 5 heteroatoms. The van der Waals surface area contributed by atoms with Crippen LogP contribution in [0, 0.1) is 0 Å². The predicted octanol–water partition coefficient (Wildman–Crippen LogP) is 6.33. The number of hydrogen-bond donors (Lipinski definition) is 0. The Morgan fingerprint density at radius 1 is 0.741 bits per heavy atom. The molecule has 0 spiro atoms. The standard InChI is InChI=1S/C22H13F3N2/c23-22(24,25)16-10-11-19-15(12-16)13-20-17-8-4-5-9-18(17)26-21(27(19)20)14-6-2-1-3-7-14/h1-13H. The average molecular weight is 362 g/mol. The summed E-state index contributed by atoms with van der Waals surface area (Å²) in [5, 5.41) is 1.45. The Bertz CT molecular complexity index is 1300. The molecule has 0 saturated carbocycles. The highest BCUT2D eigenvalue weighted by molar-refractivity contribution is 6.02. The van der Waals surface area contributed by atoms with Crippen LogP contribution in [0.3, 0.4) is 0 Å². The molecule has 2 heterocycles. The predicted molar refractivity (Wildman–Crippen MR) is 101 cm³/mol. The SMILES string of the molecule is FC(F)(F)c1ccc2c(c1)cc1c3ccccc3nc(-c3ccccc3)n21. The first kappa shape index (κ1) is 15.9. The molecule has 2 nitrogen and oxygen atoms in total. The van der Waals surface area contributed by atoms with E-state index in [2.05, 4.69) is 0 Å². The van der Waals surface area contributed by atoms with E-state index in [1.807, 2.05) is 59.0 Å². The summed E-state index contributed by atoms with van der Waals surface area (Å²) in [5.74, 6) is 0.707. The monoisotopic (exact) mass is 362 g/mol. The molecule has 5 rings (SSSR count). The molecule has 3 aromatic carbocycles. The van der Waals surface area contributed by atoms with Gasteiger partial charge in [-0.15, -0.1) is 0 Å². The van der Waals surface area contributed by atoms with E-state index in [0.29, 0.717) is 16.7 Å². The van der Waals surface area contributed by atoms with Gasteiger partial charge in [-0.3, -0.25) is 4.40 Å². The van der Waals surface area contributed by atoms with Crippen LogP contribution < -0.4 is 0 Å². The second kappa shape index (κ2) is 5.58. The number of aromatic nitrogens is 2. The maximum absolute atomic E-state index is 13.1. The number of halogens is 3. The minimum atomic E-state index is -4.37. The van der Waals surface area contributed by atoms with Gasteiger partial charge >= 0.3 is 6.18 Å². The third-order valence-electron chi connectivity index (χ3n) is 4.78. The number of fused-ring (bicyclic) bond motifs is 5. The fourth-order valence-electron chi connectivity index (χ4n) is 3.55. The molecule has 0 aliphatic heterocycles. The van der Waals surface area contributed by atoms with Gasteiger partial charge < -0.3 is 0 Å². The van der Waals surface area contributed by atoms with Crippen molar-refractivity contribution in [3.63, 3.8) is 0 Å². The Hall–Kier alpha value is -3.34. The van der Waals surface area contributed by atoms with Gasteiger partial charge in [-0.2, -0.15) is 13.2 Å². The van der Waals surface area contributed by atoms with Gasteiger partial charge in [0.15, 0.2) is 0 Å². The lowest BCUT2D eigenvalue weighted by molar-refractivity contribution is -0.137. The van der Waals surface area contributed by atoms with Crippen molar-refractivity contribution in [2.24, 2.45) is 0 Å². The molecule has 0 aliphatic rings. The zero-order valence-corrected chi connectivity index (χ0v) is 14.0. The van der Waals surface area contributed by atoms with E-state index in [1.165, 1.54) is 12.1 Å². The first-order chi connectivity index (χ1) is 13.0. The molecule has 0 aliphatic carbocycles. The molecule has 5 aromatic rings. The topological polar surface area (TPSA) is 17.3 Å². The third-order valence-corrected chi connectivity index (χ3v) is 4.78. The van der Waals surface area contributed by atoms with Gasteiger partial charge in [-0.1, -0.05) is 48.5 Å². The molecule has 0 fully saturated rings. The van der Waals surface area contributed by atoms with Gasteiger partial charge in [0.25, 0.3) is 0 Å². The fourth-order valence-corrected chi connectivity index (χ4v) is 3.55. The van der Waals surface area contributed by atoms with Crippen molar-refractivity contribution in [2.75, 3.05) is 0 Å². The van der Waals surface area contributed by atoms with Crippen LogP contribution in [0.25, 0.3) is 38.7 Å². The van der Waals surface area contributed by atoms with Crippen molar-refractivity contribution in [2.45, 2.75) is 6.18 Å². The minimum Gasteiger partial charge on any atom is -0.293 e. The van der Waals surface area contributed by atoms with Crippen molar-refractivity contribution in [1.82, 2.24) is 9.38 Å². The summed E-state index contributed by atoms with van der Waals surface area (Å²) in [7, 11) is 0. The van der Waals surface area contributed by atoms with Crippen LogP contribution in [0.2, 0.25) is 0 Å². The molecule has 0 atom stereocenters. The number of hydrogen-bond acceptors (Lipinski definition) is 1. The number of alkyl halides is 3. The van der Waals surface area contributed by atoms with Gasteiger partial charge in [0, 0.05) is 16.3 Å². The number of rotatable bonds is 1. The quantitative estimate of drug-likeness (QED) is 0.341. The molecule has 0 N–H and O–H groups in total. The lowest BCUT2D eigenvalue weighted by atomic mass is 10.1. The number of benzene rings is 3. The minimum absolute atomic E-state index is 0.542. The van der Waals surface area contributed by atoms with Gasteiger partial charge in [0.1, 0.15) is 5.82 Å². The molecule has 0 saturated heterocycles. The van der Waals surface area contributed by atoms with E-state index in [9.17, 15) is 13.2 Å². The smallest absolute Gasteiger partial charge is 0.293 e. The summed E-state index contributed by atoms with van der Waals surface area (Å²) in [6, 6.07) is 23.0. The van der Waals surface area contributed by atoms with Gasteiger partial charge in [0.05, 0.1) is 22.1 Å². The van der Waals surface area contributed by atoms with Crippen molar-refractivity contribution in [3.8, 4) is 11.4 Å². The van der Waals surface area contributed by atoms with E-state index in [1.54, 1.807) is 6.07 Å². The summed E-state index contributed by atoms with van der Waals surface area (Å²) in [6.45, 7) is 0. The Morgan fingerprint density at radius 2 is 1.48 bits per heavy atom. The van der Waals surface area contributed by atoms with Crippen LogP contribution in [0.15, 0.2) is 78.9 Å². The highest BCUT2D eigenvalue weighted by Crippen LogP contribution is 2.35. The van der Waals surface area contributed by atoms with E-state index >= 15 is 0 Å². The average Bonchev–Trinajstić information content (AvgIpc) is 3.06. The fraction of sp³-hybridized carbons (Fsp3) is 0.0455. The highest BCUT2D eigenvalue weighted by atomic mass is 19.4. The second-order valence-corrected chi connectivity index (χ2v) is 6.45. The van der Waals surface area contributed by atoms with Crippen LogP contribution in [-0.2, 0) is 6.18 Å². The van der Waals surface area contributed by atoms with Crippen LogP contribution in [0.5, 0.6) is 0 Å². The van der Waals surface area contributed by atoms with Gasteiger partial charge in [-0.05, 0) is 30.3 Å². The van der Waals surface area contributed by atoms with E-state index in [-0.39, 0.29) is 0 Å². The number of para-hydroxylation sites is 1. The third kappa shape index (κ3) is 2.46. The molecular weight excluding hydrogens is 349 g/mol. The lowest BCUT2D eigenvalue weighted by Crippen LogP contribution is -2.04. The van der Waals surface area contributed by atoms with Crippen molar-refractivity contribution in [3.05, 3.63) is 84.4 Å². The van der Waals surface area contributed by atoms with Crippen molar-refractivity contribution >= 4 is 27.3 Å². The normalized spacial score (nSPS) is 12.3. The first-order valence-electron chi connectivity index (χ1n) is 8.49. The number of nitrogens with zero attached hydrogens (tertiary/aromatic N) is 2. The van der Waals surface area contributed by atoms with Crippen LogP contribution in [0.1, 0.15) is 5.56 Å². The van der Waals surface area contributed by atoms with Gasteiger partial charge in [0.2, 0.25) is 0 Å². The first-order valence-corrected chi connectivity index (χ1v) is 8.49.